The Bertz CT molecular complexity index is 957. The number of ether oxygens (including phenoxy) is 2. The van der Waals surface area contributed by atoms with Crippen LogP contribution in [0.5, 0.6) is 11.5 Å². The highest BCUT2D eigenvalue weighted by molar-refractivity contribution is 9.10. The highest BCUT2D eigenvalue weighted by Gasteiger charge is 2.41. The van der Waals surface area contributed by atoms with Crippen molar-refractivity contribution in [3.8, 4) is 11.5 Å². The van der Waals surface area contributed by atoms with Crippen LogP contribution in [0, 0.1) is 5.41 Å². The molecule has 6 nitrogen and oxygen atoms in total. The number of carboxylic acid groups (broad SMARTS) is 1. The van der Waals surface area contributed by atoms with Crippen LogP contribution < -0.4 is 9.47 Å². The second-order valence-corrected chi connectivity index (χ2v) is 9.94. The van der Waals surface area contributed by atoms with Crippen LogP contribution in [0.15, 0.2) is 34.9 Å². The zero-order valence-corrected chi connectivity index (χ0v) is 19.1. The minimum atomic E-state index is -0.919. The lowest BCUT2D eigenvalue weighted by Gasteiger charge is -2.44. The van der Waals surface area contributed by atoms with Gasteiger partial charge in [-0.3, -0.25) is 9.88 Å². The van der Waals surface area contributed by atoms with Gasteiger partial charge in [-0.25, -0.2) is 4.79 Å². The molecule has 0 saturated carbocycles. The van der Waals surface area contributed by atoms with Crippen molar-refractivity contribution in [2.75, 3.05) is 13.2 Å². The van der Waals surface area contributed by atoms with E-state index >= 15 is 0 Å². The first kappa shape index (κ1) is 21.0. The maximum Gasteiger partial charge on any atom is 0.408 e. The van der Waals surface area contributed by atoms with Crippen molar-refractivity contribution in [3.63, 3.8) is 0 Å². The standard InChI is InChI=1S/C23H27BrN2O4/c1-23(2,3)21(18-12-19-20(13-25-18)30-9-8-29-19)26(22(27)28)17-7-5-14-10-16(24)6-4-15(14)11-17/h4,6,10,12-13,17,21H,5,7-9,11H2,1-3H3,(H,27,28)/t17-,21?/m0/s1. The van der Waals surface area contributed by atoms with Crippen LogP contribution >= 0.6 is 15.9 Å². The van der Waals surface area contributed by atoms with Gasteiger partial charge in [-0.15, -0.1) is 0 Å². The largest absolute Gasteiger partial charge is 0.486 e. The zero-order valence-electron chi connectivity index (χ0n) is 17.5. The van der Waals surface area contributed by atoms with Gasteiger partial charge in [0.1, 0.15) is 13.2 Å². The summed E-state index contributed by atoms with van der Waals surface area (Å²) in [6.45, 7) is 7.14. The number of aromatic nitrogens is 1. The molecule has 1 amide bonds. The van der Waals surface area contributed by atoms with Gasteiger partial charge in [0, 0.05) is 16.6 Å². The minimum absolute atomic E-state index is 0.115. The van der Waals surface area contributed by atoms with Crippen LogP contribution in [-0.4, -0.2) is 40.3 Å². The van der Waals surface area contributed by atoms with Crippen LogP contribution in [0.2, 0.25) is 0 Å². The Hall–Kier alpha value is -2.28. The highest BCUT2D eigenvalue weighted by Crippen LogP contribution is 2.43. The third kappa shape index (κ3) is 4.13. The number of amides is 1. The molecule has 0 spiro atoms. The van der Waals surface area contributed by atoms with Crippen molar-refractivity contribution in [1.82, 2.24) is 9.88 Å². The maximum absolute atomic E-state index is 12.5. The van der Waals surface area contributed by atoms with E-state index in [4.69, 9.17) is 9.47 Å². The van der Waals surface area contributed by atoms with Crippen molar-refractivity contribution in [3.05, 3.63) is 51.8 Å². The summed E-state index contributed by atoms with van der Waals surface area (Å²) in [6.07, 6.45) is 3.07. The van der Waals surface area contributed by atoms with Gasteiger partial charge in [-0.05, 0) is 47.9 Å². The van der Waals surface area contributed by atoms with Gasteiger partial charge >= 0.3 is 6.09 Å². The van der Waals surface area contributed by atoms with Crippen molar-refractivity contribution < 1.29 is 19.4 Å². The van der Waals surface area contributed by atoms with E-state index < -0.39 is 12.1 Å². The van der Waals surface area contributed by atoms with E-state index in [1.54, 1.807) is 11.1 Å². The number of halogens is 1. The summed E-state index contributed by atoms with van der Waals surface area (Å²) in [4.78, 5) is 18.8. The van der Waals surface area contributed by atoms with Crippen molar-refractivity contribution >= 4 is 22.0 Å². The third-order valence-corrected chi connectivity index (χ3v) is 6.31. The highest BCUT2D eigenvalue weighted by atomic mass is 79.9. The summed E-state index contributed by atoms with van der Waals surface area (Å²) in [6, 6.07) is 7.58. The molecule has 0 radical (unpaired) electrons. The molecule has 0 fully saturated rings. The van der Waals surface area contributed by atoms with Crippen LogP contribution in [0.1, 0.15) is 50.1 Å². The number of rotatable bonds is 3. The molecule has 4 rings (SSSR count). The van der Waals surface area contributed by atoms with Crippen LogP contribution in [-0.2, 0) is 12.8 Å². The summed E-state index contributed by atoms with van der Waals surface area (Å²) in [5.41, 5.74) is 2.84. The Kier molecular flexibility index (Phi) is 5.66. The lowest BCUT2D eigenvalue weighted by Crippen LogP contribution is -2.49. The fourth-order valence-electron chi connectivity index (χ4n) is 4.54. The molecule has 7 heteroatoms. The Balaban J connectivity index is 1.71. The normalized spacial score (nSPS) is 19.0. The molecule has 2 aromatic rings. The predicted molar refractivity (Wildman–Crippen MR) is 117 cm³/mol. The molecule has 0 saturated heterocycles. The lowest BCUT2D eigenvalue weighted by molar-refractivity contribution is 0.0468. The zero-order chi connectivity index (χ0) is 21.5. The fourth-order valence-corrected chi connectivity index (χ4v) is 4.94. The molecule has 30 heavy (non-hydrogen) atoms. The quantitative estimate of drug-likeness (QED) is 0.658. The van der Waals surface area contributed by atoms with Gasteiger partial charge in [0.05, 0.1) is 17.9 Å². The van der Waals surface area contributed by atoms with Gasteiger partial charge < -0.3 is 14.6 Å². The van der Waals surface area contributed by atoms with Gasteiger partial charge in [-0.2, -0.15) is 0 Å². The van der Waals surface area contributed by atoms with Crippen molar-refractivity contribution in [1.29, 1.82) is 0 Å². The number of hydrogen-bond donors (Lipinski definition) is 1. The van der Waals surface area contributed by atoms with E-state index in [0.717, 1.165) is 17.3 Å². The third-order valence-electron chi connectivity index (χ3n) is 5.81. The molecule has 0 bridgehead atoms. The topological polar surface area (TPSA) is 71.9 Å². The number of aryl methyl sites for hydroxylation is 1. The van der Waals surface area contributed by atoms with Crippen LogP contribution in [0.4, 0.5) is 4.79 Å². The smallest absolute Gasteiger partial charge is 0.408 e. The second-order valence-electron chi connectivity index (χ2n) is 9.02. The Morgan fingerprint density at radius 1 is 1.20 bits per heavy atom. The molecule has 2 atom stereocenters. The monoisotopic (exact) mass is 474 g/mol. The van der Waals surface area contributed by atoms with Gasteiger partial charge in [0.15, 0.2) is 11.5 Å². The maximum atomic E-state index is 12.5. The Morgan fingerprint density at radius 3 is 2.63 bits per heavy atom. The molecule has 2 aliphatic rings. The van der Waals surface area contributed by atoms with Crippen LogP contribution in [0.3, 0.4) is 0 Å². The van der Waals surface area contributed by atoms with E-state index in [2.05, 4.69) is 53.8 Å². The van der Waals surface area contributed by atoms with Gasteiger partial charge in [-0.1, -0.05) is 42.8 Å². The average molecular weight is 475 g/mol. The molecule has 1 aromatic carbocycles. The Labute approximate surface area is 185 Å². The molecule has 1 N–H and O–H groups in total. The number of carbonyl (C=O) groups is 1. The van der Waals surface area contributed by atoms with E-state index in [-0.39, 0.29) is 11.5 Å². The first-order chi connectivity index (χ1) is 14.2. The summed E-state index contributed by atoms with van der Waals surface area (Å²) < 4.78 is 12.4. The number of fused-ring (bicyclic) bond motifs is 2. The SMILES string of the molecule is CC(C)(C)C(c1cc2c(cn1)OCCO2)N(C(=O)O)[C@H]1CCc2cc(Br)ccc2C1. The molecule has 1 aromatic heterocycles. The first-order valence-corrected chi connectivity index (χ1v) is 11.1. The predicted octanol–water partition coefficient (Wildman–Crippen LogP) is 5.24. The minimum Gasteiger partial charge on any atom is -0.486 e. The second kappa shape index (κ2) is 8.10. The van der Waals surface area contributed by atoms with Crippen molar-refractivity contribution in [2.24, 2.45) is 5.41 Å². The molecular formula is C23H27BrN2O4. The molecular weight excluding hydrogens is 448 g/mol. The summed E-state index contributed by atoms with van der Waals surface area (Å²) in [5.74, 6) is 1.24. The summed E-state index contributed by atoms with van der Waals surface area (Å²) >= 11 is 3.53. The lowest BCUT2D eigenvalue weighted by atomic mass is 9.80. The molecule has 1 aliphatic heterocycles. The average Bonchev–Trinajstić information content (AvgIpc) is 2.70. The summed E-state index contributed by atoms with van der Waals surface area (Å²) in [7, 11) is 0. The number of benzene rings is 1. The van der Waals surface area contributed by atoms with Crippen LogP contribution in [0.25, 0.3) is 0 Å². The number of nitrogens with zero attached hydrogens (tertiary/aromatic N) is 2. The Morgan fingerprint density at radius 2 is 1.93 bits per heavy atom. The molecule has 160 valence electrons. The molecule has 2 heterocycles. The van der Waals surface area contributed by atoms with Crippen molar-refractivity contribution in [2.45, 2.75) is 52.1 Å². The van der Waals surface area contributed by atoms with Gasteiger partial charge in [0.2, 0.25) is 0 Å². The van der Waals surface area contributed by atoms with E-state index in [1.807, 2.05) is 12.1 Å². The van der Waals surface area contributed by atoms with E-state index in [9.17, 15) is 9.90 Å². The number of pyridine rings is 1. The van der Waals surface area contributed by atoms with Gasteiger partial charge in [0.25, 0.3) is 0 Å². The first-order valence-electron chi connectivity index (χ1n) is 10.3. The van der Waals surface area contributed by atoms with E-state index in [0.29, 0.717) is 36.8 Å². The van der Waals surface area contributed by atoms with E-state index in [1.165, 1.54) is 11.1 Å². The number of hydrogen-bond acceptors (Lipinski definition) is 4. The summed E-state index contributed by atoms with van der Waals surface area (Å²) in [5, 5.41) is 10.3. The fraction of sp³-hybridized carbons (Fsp3) is 0.478. The molecule has 1 aliphatic carbocycles. The molecule has 1 unspecified atom stereocenters.